The van der Waals surface area contributed by atoms with Crippen molar-refractivity contribution in [2.75, 3.05) is 7.05 Å². The molecule has 6 aromatic rings. The molecule has 8 rings (SSSR count). The Morgan fingerprint density at radius 3 is 2.09 bits per heavy atom. The number of aliphatic imine (C=N–C) groups is 1. The molecule has 0 fully saturated rings. The molecule has 2 heterocycles. The lowest BCUT2D eigenvalue weighted by Gasteiger charge is -2.24. The van der Waals surface area contributed by atoms with E-state index >= 15 is 0 Å². The molecule has 5 aromatic carbocycles. The zero-order chi connectivity index (χ0) is 28.8. The number of hydrazine groups is 1. The third-order valence-corrected chi connectivity index (χ3v) is 8.71. The van der Waals surface area contributed by atoms with Crippen molar-refractivity contribution in [2.24, 2.45) is 10.9 Å². The number of amidine groups is 1. The van der Waals surface area contributed by atoms with Gasteiger partial charge in [0.15, 0.2) is 0 Å². The molecule has 43 heavy (non-hydrogen) atoms. The van der Waals surface area contributed by atoms with E-state index in [2.05, 4.69) is 168 Å². The van der Waals surface area contributed by atoms with Gasteiger partial charge in [0.05, 0.1) is 16.7 Å². The molecule has 4 heteroatoms. The van der Waals surface area contributed by atoms with Gasteiger partial charge in [-0.25, -0.2) is 10.0 Å². The molecule has 208 valence electrons. The second-order valence-corrected chi connectivity index (χ2v) is 11.4. The first-order valence-electron chi connectivity index (χ1n) is 14.9. The molecule has 0 saturated heterocycles. The Balaban J connectivity index is 1.30. The predicted molar refractivity (Wildman–Crippen MR) is 179 cm³/mol. The Morgan fingerprint density at radius 1 is 0.651 bits per heavy atom. The lowest BCUT2D eigenvalue weighted by Crippen LogP contribution is -2.40. The Bertz CT molecular complexity index is 2010. The van der Waals surface area contributed by atoms with Gasteiger partial charge < -0.3 is 9.99 Å². The maximum atomic E-state index is 5.16. The van der Waals surface area contributed by atoms with Gasteiger partial charge in [-0.15, -0.1) is 0 Å². The first-order valence-corrected chi connectivity index (χ1v) is 14.9. The fourth-order valence-electron chi connectivity index (χ4n) is 6.61. The Labute approximate surface area is 251 Å². The fraction of sp³-hybridized carbons (Fsp3) is 0.103. The average Bonchev–Trinajstić information content (AvgIpc) is 3.63. The molecule has 2 unspecified atom stereocenters. The van der Waals surface area contributed by atoms with Gasteiger partial charge in [0, 0.05) is 34.9 Å². The summed E-state index contributed by atoms with van der Waals surface area (Å²) >= 11 is 0. The number of nitrogens with one attached hydrogen (secondary N) is 1. The van der Waals surface area contributed by atoms with Crippen LogP contribution >= 0.6 is 0 Å². The average molecular weight is 557 g/mol. The Hall–Kier alpha value is -5.19. The van der Waals surface area contributed by atoms with Crippen LogP contribution in [-0.2, 0) is 0 Å². The van der Waals surface area contributed by atoms with Gasteiger partial charge in [0.1, 0.15) is 12.0 Å². The molecular weight excluding hydrogens is 524 g/mol. The number of hydrogen-bond acceptors (Lipinski definition) is 3. The van der Waals surface area contributed by atoms with Crippen LogP contribution in [0, 0.1) is 5.92 Å². The largest absolute Gasteiger partial charge is 0.309 e. The van der Waals surface area contributed by atoms with Crippen LogP contribution in [0.3, 0.4) is 0 Å². The predicted octanol–water partition coefficient (Wildman–Crippen LogP) is 8.77. The molecule has 0 bridgehead atoms. The van der Waals surface area contributed by atoms with E-state index in [1.807, 2.05) is 0 Å². The highest BCUT2D eigenvalue weighted by Crippen LogP contribution is 2.38. The minimum Gasteiger partial charge on any atom is -0.309 e. The van der Waals surface area contributed by atoms with Crippen molar-refractivity contribution in [1.82, 2.24) is 15.0 Å². The van der Waals surface area contributed by atoms with E-state index in [1.54, 1.807) is 0 Å². The molecule has 1 N–H and O–H groups in total. The third kappa shape index (κ3) is 4.48. The van der Waals surface area contributed by atoms with Crippen molar-refractivity contribution in [3.63, 3.8) is 0 Å². The molecule has 0 radical (unpaired) electrons. The highest BCUT2D eigenvalue weighted by molar-refractivity contribution is 6.10. The summed E-state index contributed by atoms with van der Waals surface area (Å²) in [5.41, 5.74) is 12.9. The number of fused-ring (bicyclic) bond motifs is 3. The van der Waals surface area contributed by atoms with E-state index in [0.717, 1.165) is 29.1 Å². The fourth-order valence-corrected chi connectivity index (χ4v) is 6.61. The van der Waals surface area contributed by atoms with E-state index in [1.165, 1.54) is 38.5 Å². The molecule has 1 aliphatic carbocycles. The van der Waals surface area contributed by atoms with Crippen LogP contribution < -0.4 is 5.43 Å². The minimum atomic E-state index is 0.0643. The third-order valence-electron chi connectivity index (χ3n) is 8.71. The monoisotopic (exact) mass is 556 g/mol. The summed E-state index contributed by atoms with van der Waals surface area (Å²) in [7, 11) is 2.08. The van der Waals surface area contributed by atoms with Crippen molar-refractivity contribution in [1.29, 1.82) is 0 Å². The van der Waals surface area contributed by atoms with Gasteiger partial charge in [0.2, 0.25) is 0 Å². The summed E-state index contributed by atoms with van der Waals surface area (Å²) in [5.74, 6) is 1.27. The maximum absolute atomic E-state index is 5.16. The second kappa shape index (κ2) is 10.6. The molecule has 2 aliphatic rings. The lowest BCUT2D eigenvalue weighted by atomic mass is 9.95. The van der Waals surface area contributed by atoms with Crippen molar-refractivity contribution >= 4 is 27.6 Å². The van der Waals surface area contributed by atoms with Crippen LogP contribution in [0.5, 0.6) is 0 Å². The highest BCUT2D eigenvalue weighted by Gasteiger charge is 2.29. The van der Waals surface area contributed by atoms with Crippen molar-refractivity contribution in [2.45, 2.75) is 12.6 Å². The number of allylic oxidation sites excluding steroid dienone is 3. The van der Waals surface area contributed by atoms with Crippen molar-refractivity contribution in [3.05, 3.63) is 151 Å². The van der Waals surface area contributed by atoms with Crippen LogP contribution in [0.2, 0.25) is 0 Å². The zero-order valence-electron chi connectivity index (χ0n) is 24.1. The molecule has 1 aromatic heterocycles. The summed E-state index contributed by atoms with van der Waals surface area (Å²) < 4.78 is 2.42. The molecule has 4 nitrogen and oxygen atoms in total. The second-order valence-electron chi connectivity index (χ2n) is 11.4. The van der Waals surface area contributed by atoms with Crippen molar-refractivity contribution in [3.8, 4) is 27.9 Å². The Morgan fingerprint density at radius 2 is 1.35 bits per heavy atom. The number of para-hydroxylation sites is 2. The van der Waals surface area contributed by atoms with Crippen LogP contribution in [0.25, 0.3) is 49.7 Å². The first kappa shape index (κ1) is 25.5. The van der Waals surface area contributed by atoms with Crippen LogP contribution in [0.15, 0.2) is 151 Å². The SMILES string of the molecule is CN1NC(c2cccc(-c3cc(-c4ccccc4)ccc3-n3c4ccccc4c4ccccc43)c2)=NC1C1C=CC=CC1. The van der Waals surface area contributed by atoms with Gasteiger partial charge in [-0.2, -0.15) is 0 Å². The summed E-state index contributed by atoms with van der Waals surface area (Å²) in [6.07, 6.45) is 9.80. The smallest absolute Gasteiger partial charge is 0.144 e. The number of benzene rings is 5. The molecule has 2 atom stereocenters. The summed E-state index contributed by atoms with van der Waals surface area (Å²) in [4.78, 5) is 5.16. The molecule has 0 saturated carbocycles. The van der Waals surface area contributed by atoms with E-state index in [4.69, 9.17) is 4.99 Å². The van der Waals surface area contributed by atoms with Crippen LogP contribution in [-0.4, -0.2) is 28.6 Å². The molecule has 0 spiro atoms. The van der Waals surface area contributed by atoms with Gasteiger partial charge in [-0.3, -0.25) is 0 Å². The highest BCUT2D eigenvalue weighted by atomic mass is 15.6. The van der Waals surface area contributed by atoms with E-state index < -0.39 is 0 Å². The first-order chi connectivity index (χ1) is 21.2. The van der Waals surface area contributed by atoms with Gasteiger partial charge in [0.25, 0.3) is 0 Å². The quantitative estimate of drug-likeness (QED) is 0.230. The van der Waals surface area contributed by atoms with Crippen molar-refractivity contribution < 1.29 is 0 Å². The van der Waals surface area contributed by atoms with Gasteiger partial charge in [-0.1, -0.05) is 115 Å². The summed E-state index contributed by atoms with van der Waals surface area (Å²) in [6.45, 7) is 0. The van der Waals surface area contributed by atoms with E-state index in [9.17, 15) is 0 Å². The standard InChI is InChI=1S/C39H32N4/c1-42-39(28-15-6-3-7-16-28)40-38(41-42)31-18-12-17-30(25-31)34-26-29(27-13-4-2-5-14-27)23-24-37(34)43-35-21-10-8-19-32(35)33-20-9-11-22-36(33)43/h2-15,17-26,28,39H,16H2,1H3,(H,40,41). The molecular formula is C39H32N4. The maximum Gasteiger partial charge on any atom is 0.144 e. The van der Waals surface area contributed by atoms with Gasteiger partial charge in [-0.05, 0) is 53.4 Å². The number of aromatic nitrogens is 1. The number of hydrogen-bond donors (Lipinski definition) is 1. The minimum absolute atomic E-state index is 0.0643. The van der Waals surface area contributed by atoms with Crippen LogP contribution in [0.1, 0.15) is 12.0 Å². The number of rotatable bonds is 5. The summed E-state index contributed by atoms with van der Waals surface area (Å²) in [5, 5.41) is 4.65. The van der Waals surface area contributed by atoms with E-state index in [0.29, 0.717) is 5.92 Å². The zero-order valence-corrected chi connectivity index (χ0v) is 24.1. The van der Waals surface area contributed by atoms with E-state index in [-0.39, 0.29) is 6.17 Å². The van der Waals surface area contributed by atoms with Gasteiger partial charge >= 0.3 is 0 Å². The lowest BCUT2D eigenvalue weighted by molar-refractivity contribution is 0.197. The normalized spacial score (nSPS) is 18.3. The van der Waals surface area contributed by atoms with Crippen LogP contribution in [0.4, 0.5) is 0 Å². The number of nitrogens with zero attached hydrogens (tertiary/aromatic N) is 3. The molecule has 1 aliphatic heterocycles. The summed E-state index contributed by atoms with van der Waals surface area (Å²) in [6, 6.07) is 43.7. The topological polar surface area (TPSA) is 32.6 Å². The Kier molecular flexibility index (Phi) is 6.27. The molecule has 0 amide bonds.